The molecule has 0 unspecified atom stereocenters. The second kappa shape index (κ2) is 5.25. The summed E-state index contributed by atoms with van der Waals surface area (Å²) in [5.74, 6) is -0.778. The second-order valence-electron chi connectivity index (χ2n) is 5.12. The zero-order valence-corrected chi connectivity index (χ0v) is 11.4. The minimum absolute atomic E-state index is 0.121. The van der Waals surface area contributed by atoms with Crippen LogP contribution in [0.25, 0.3) is 0 Å². The van der Waals surface area contributed by atoms with Gasteiger partial charge in [-0.2, -0.15) is 0 Å². The molecule has 0 aromatic heterocycles. The number of phenolic OH excluding ortho intramolecular Hbond substituents is 1. The van der Waals surface area contributed by atoms with Crippen molar-refractivity contribution in [3.63, 3.8) is 0 Å². The molecule has 2 aromatic rings. The maximum absolute atomic E-state index is 11.4. The molecule has 3 N–H and O–H groups in total. The number of anilines is 2. The van der Waals surface area contributed by atoms with E-state index in [4.69, 9.17) is 0 Å². The fourth-order valence-corrected chi connectivity index (χ4v) is 1.98. The third-order valence-electron chi connectivity index (χ3n) is 3.31. The van der Waals surface area contributed by atoms with Gasteiger partial charge in [-0.15, -0.1) is 0 Å². The number of carboxylic acid groups (broad SMARTS) is 1. The second-order valence-corrected chi connectivity index (χ2v) is 5.12. The monoisotopic (exact) mass is 271 g/mol. The Bertz CT molecular complexity index is 635. The SMILES string of the molecule is CC(C)(C(=O)O)c1ccccc1Nc1ccccc1O. The fourth-order valence-electron chi connectivity index (χ4n) is 1.98. The smallest absolute Gasteiger partial charge is 0.313 e. The zero-order chi connectivity index (χ0) is 14.8. The summed E-state index contributed by atoms with van der Waals surface area (Å²) in [6.07, 6.45) is 0. The van der Waals surface area contributed by atoms with Crippen molar-refractivity contribution in [2.45, 2.75) is 19.3 Å². The van der Waals surface area contributed by atoms with Gasteiger partial charge in [0.15, 0.2) is 0 Å². The Hall–Kier alpha value is -2.49. The number of aromatic hydroxyl groups is 1. The van der Waals surface area contributed by atoms with Crippen LogP contribution in [0.1, 0.15) is 19.4 Å². The van der Waals surface area contributed by atoms with Crippen LogP contribution in [0, 0.1) is 0 Å². The molecular formula is C16H17NO3. The first-order chi connectivity index (χ1) is 9.43. The van der Waals surface area contributed by atoms with Gasteiger partial charge >= 0.3 is 5.97 Å². The van der Waals surface area contributed by atoms with E-state index in [1.165, 1.54) is 0 Å². The van der Waals surface area contributed by atoms with Crippen LogP contribution in [0.2, 0.25) is 0 Å². The highest BCUT2D eigenvalue weighted by molar-refractivity contribution is 5.84. The zero-order valence-electron chi connectivity index (χ0n) is 11.4. The molecule has 0 atom stereocenters. The van der Waals surface area contributed by atoms with Crippen LogP contribution in [0.3, 0.4) is 0 Å². The molecule has 4 nitrogen and oxygen atoms in total. The Kier molecular flexibility index (Phi) is 3.66. The van der Waals surface area contributed by atoms with Gasteiger partial charge < -0.3 is 15.5 Å². The summed E-state index contributed by atoms with van der Waals surface area (Å²) in [6.45, 7) is 3.31. The summed E-state index contributed by atoms with van der Waals surface area (Å²) in [4.78, 5) is 11.4. The number of phenols is 1. The number of carbonyl (C=O) groups is 1. The van der Waals surface area contributed by atoms with E-state index in [9.17, 15) is 15.0 Å². The van der Waals surface area contributed by atoms with Gasteiger partial charge in [-0.05, 0) is 37.6 Å². The number of aliphatic carboxylic acids is 1. The molecule has 2 rings (SSSR count). The highest BCUT2D eigenvalue weighted by Crippen LogP contribution is 2.34. The Morgan fingerprint density at radius 1 is 1.00 bits per heavy atom. The average Bonchev–Trinajstić information content (AvgIpc) is 2.41. The Balaban J connectivity index is 2.44. The first-order valence-corrected chi connectivity index (χ1v) is 6.31. The van der Waals surface area contributed by atoms with Gasteiger partial charge in [0.2, 0.25) is 0 Å². The van der Waals surface area contributed by atoms with Crippen molar-refractivity contribution in [2.75, 3.05) is 5.32 Å². The summed E-state index contributed by atoms with van der Waals surface area (Å²) in [7, 11) is 0. The molecule has 0 saturated carbocycles. The van der Waals surface area contributed by atoms with E-state index in [0.717, 1.165) is 0 Å². The van der Waals surface area contributed by atoms with Gasteiger partial charge in [0.05, 0.1) is 11.1 Å². The molecule has 104 valence electrons. The van der Waals surface area contributed by atoms with E-state index < -0.39 is 11.4 Å². The molecule has 0 aliphatic carbocycles. The molecule has 0 aliphatic rings. The molecule has 0 spiro atoms. The van der Waals surface area contributed by atoms with E-state index in [1.54, 1.807) is 56.3 Å². The molecule has 0 radical (unpaired) electrons. The molecule has 0 heterocycles. The van der Waals surface area contributed by atoms with Gasteiger partial charge in [0, 0.05) is 5.69 Å². The van der Waals surface area contributed by atoms with Crippen LogP contribution < -0.4 is 5.32 Å². The Morgan fingerprint density at radius 3 is 2.15 bits per heavy atom. The van der Waals surface area contributed by atoms with Crippen molar-refractivity contribution in [3.8, 4) is 5.75 Å². The molecule has 0 bridgehead atoms. The summed E-state index contributed by atoms with van der Waals surface area (Å²) in [5.41, 5.74) is 0.854. The van der Waals surface area contributed by atoms with Crippen LogP contribution in [0.4, 0.5) is 11.4 Å². The minimum atomic E-state index is -1.02. The van der Waals surface area contributed by atoms with Crippen LogP contribution >= 0.6 is 0 Å². The average molecular weight is 271 g/mol. The Morgan fingerprint density at radius 2 is 1.55 bits per heavy atom. The molecule has 0 fully saturated rings. The number of hydrogen-bond acceptors (Lipinski definition) is 3. The van der Waals surface area contributed by atoms with Gasteiger partial charge in [-0.1, -0.05) is 30.3 Å². The minimum Gasteiger partial charge on any atom is -0.506 e. The summed E-state index contributed by atoms with van der Waals surface area (Å²) in [6, 6.07) is 14.0. The van der Waals surface area contributed by atoms with Gasteiger partial charge in [-0.3, -0.25) is 4.79 Å². The molecule has 0 aliphatic heterocycles. The largest absolute Gasteiger partial charge is 0.506 e. The van der Waals surface area contributed by atoms with Crippen molar-refractivity contribution in [2.24, 2.45) is 0 Å². The first kappa shape index (κ1) is 13.9. The Labute approximate surface area is 117 Å². The number of carboxylic acids is 1. The third-order valence-corrected chi connectivity index (χ3v) is 3.31. The topological polar surface area (TPSA) is 69.6 Å². The van der Waals surface area contributed by atoms with Crippen LogP contribution in [-0.2, 0) is 10.2 Å². The molecule has 4 heteroatoms. The molecule has 0 saturated heterocycles. The van der Waals surface area contributed by atoms with E-state index in [2.05, 4.69) is 5.32 Å². The number of hydrogen-bond donors (Lipinski definition) is 3. The lowest BCUT2D eigenvalue weighted by molar-refractivity contribution is -0.142. The van der Waals surface area contributed by atoms with Crippen molar-refractivity contribution in [1.29, 1.82) is 0 Å². The molecule has 20 heavy (non-hydrogen) atoms. The first-order valence-electron chi connectivity index (χ1n) is 6.31. The highest BCUT2D eigenvalue weighted by Gasteiger charge is 2.31. The van der Waals surface area contributed by atoms with E-state index in [1.807, 2.05) is 6.07 Å². The highest BCUT2D eigenvalue weighted by atomic mass is 16.4. The summed E-state index contributed by atoms with van der Waals surface area (Å²) in [5, 5.41) is 22.2. The van der Waals surface area contributed by atoms with Gasteiger partial charge in [-0.25, -0.2) is 0 Å². The maximum Gasteiger partial charge on any atom is 0.313 e. The lowest BCUT2D eigenvalue weighted by atomic mass is 9.83. The van der Waals surface area contributed by atoms with E-state index in [0.29, 0.717) is 16.9 Å². The number of nitrogens with one attached hydrogen (secondary N) is 1. The van der Waals surface area contributed by atoms with Crippen molar-refractivity contribution in [3.05, 3.63) is 54.1 Å². The predicted molar refractivity (Wildman–Crippen MR) is 78.5 cm³/mol. The standard InChI is InChI=1S/C16H17NO3/c1-16(2,15(19)20)11-7-3-4-8-12(11)17-13-9-5-6-10-14(13)18/h3-10,17-18H,1-2H3,(H,19,20). The van der Waals surface area contributed by atoms with Crippen molar-refractivity contribution >= 4 is 17.3 Å². The third kappa shape index (κ3) is 2.59. The fraction of sp³-hybridized carbons (Fsp3) is 0.188. The number of benzene rings is 2. The summed E-state index contributed by atoms with van der Waals surface area (Å²) >= 11 is 0. The quantitative estimate of drug-likeness (QED) is 0.744. The van der Waals surface area contributed by atoms with Crippen molar-refractivity contribution in [1.82, 2.24) is 0 Å². The predicted octanol–water partition coefficient (Wildman–Crippen LogP) is 3.50. The van der Waals surface area contributed by atoms with Crippen LogP contribution in [0.15, 0.2) is 48.5 Å². The van der Waals surface area contributed by atoms with E-state index >= 15 is 0 Å². The normalized spacial score (nSPS) is 11.1. The van der Waals surface area contributed by atoms with Crippen LogP contribution in [0.5, 0.6) is 5.75 Å². The summed E-state index contributed by atoms with van der Waals surface area (Å²) < 4.78 is 0. The van der Waals surface area contributed by atoms with Gasteiger partial charge in [0.25, 0.3) is 0 Å². The lowest BCUT2D eigenvalue weighted by Gasteiger charge is -2.23. The molecule has 0 amide bonds. The lowest BCUT2D eigenvalue weighted by Crippen LogP contribution is -2.29. The molecule has 2 aromatic carbocycles. The van der Waals surface area contributed by atoms with Crippen molar-refractivity contribution < 1.29 is 15.0 Å². The van der Waals surface area contributed by atoms with Gasteiger partial charge in [0.1, 0.15) is 5.75 Å². The maximum atomic E-state index is 11.4. The van der Waals surface area contributed by atoms with E-state index in [-0.39, 0.29) is 5.75 Å². The number of rotatable bonds is 4. The molecular weight excluding hydrogens is 254 g/mol. The van der Waals surface area contributed by atoms with Crippen LogP contribution in [-0.4, -0.2) is 16.2 Å². The number of para-hydroxylation sites is 3.